The molecule has 0 radical (unpaired) electrons. The lowest BCUT2D eigenvalue weighted by atomic mass is 9.87. The Morgan fingerprint density at radius 2 is 1.66 bits per heavy atom. The number of benzene rings is 3. The summed E-state index contributed by atoms with van der Waals surface area (Å²) >= 11 is 0. The number of hydrogen-bond donors (Lipinski definition) is 1. The third-order valence-electron chi connectivity index (χ3n) is 5.15. The lowest BCUT2D eigenvalue weighted by Crippen LogP contribution is -2.21. The maximum atomic E-state index is 12.9. The molecule has 0 bridgehead atoms. The molecule has 168 valence electrons. The monoisotopic (exact) mass is 450 g/mol. The number of hydrazone groups is 1. The van der Waals surface area contributed by atoms with Crippen LogP contribution >= 0.6 is 0 Å². The summed E-state index contributed by atoms with van der Waals surface area (Å²) in [5.41, 5.74) is 4.39. The minimum atomic E-state index is -3.80. The zero-order chi connectivity index (χ0) is 23.4. The minimum absolute atomic E-state index is 0.158. The van der Waals surface area contributed by atoms with Crippen LogP contribution in [0.25, 0.3) is 0 Å². The number of hydrogen-bond acceptors (Lipinski definition) is 4. The van der Waals surface area contributed by atoms with E-state index in [2.05, 4.69) is 9.93 Å². The van der Waals surface area contributed by atoms with Crippen molar-refractivity contribution in [2.45, 2.75) is 51.5 Å². The van der Waals surface area contributed by atoms with Gasteiger partial charge in [-0.15, -0.1) is 0 Å². The molecule has 6 heteroatoms. The highest BCUT2D eigenvalue weighted by atomic mass is 32.2. The maximum Gasteiger partial charge on any atom is 0.276 e. The van der Waals surface area contributed by atoms with Gasteiger partial charge in [0, 0.05) is 5.56 Å². The molecule has 32 heavy (non-hydrogen) atoms. The van der Waals surface area contributed by atoms with E-state index in [1.807, 2.05) is 88.4 Å². The van der Waals surface area contributed by atoms with Gasteiger partial charge >= 0.3 is 0 Å². The van der Waals surface area contributed by atoms with Gasteiger partial charge in [-0.1, -0.05) is 74.9 Å². The second-order valence-electron chi connectivity index (χ2n) is 8.90. The Labute approximate surface area is 191 Å². The van der Waals surface area contributed by atoms with Gasteiger partial charge in [-0.2, -0.15) is 13.5 Å². The van der Waals surface area contributed by atoms with Crippen LogP contribution in [-0.4, -0.2) is 14.6 Å². The van der Waals surface area contributed by atoms with Crippen LogP contribution < -0.4 is 9.57 Å². The van der Waals surface area contributed by atoms with Gasteiger partial charge in [0.2, 0.25) is 0 Å². The Morgan fingerprint density at radius 3 is 2.34 bits per heavy atom. The third-order valence-corrected chi connectivity index (χ3v) is 6.52. The molecule has 3 rings (SSSR count). The van der Waals surface area contributed by atoms with Crippen molar-refractivity contribution in [2.75, 3.05) is 0 Å². The van der Waals surface area contributed by atoms with Crippen LogP contribution in [0.1, 0.15) is 48.6 Å². The molecule has 0 atom stereocenters. The van der Waals surface area contributed by atoms with Gasteiger partial charge in [-0.25, -0.2) is 4.83 Å². The normalized spacial score (nSPS) is 12.2. The highest BCUT2D eigenvalue weighted by molar-refractivity contribution is 7.89. The summed E-state index contributed by atoms with van der Waals surface area (Å²) in [6.45, 7) is 10.4. The van der Waals surface area contributed by atoms with E-state index in [4.69, 9.17) is 4.74 Å². The van der Waals surface area contributed by atoms with Crippen molar-refractivity contribution in [1.82, 2.24) is 4.83 Å². The number of ether oxygens (including phenoxy) is 1. The zero-order valence-electron chi connectivity index (χ0n) is 19.2. The molecule has 0 fully saturated rings. The van der Waals surface area contributed by atoms with E-state index < -0.39 is 10.0 Å². The van der Waals surface area contributed by atoms with Crippen molar-refractivity contribution in [3.05, 3.63) is 94.5 Å². The van der Waals surface area contributed by atoms with E-state index in [1.165, 1.54) is 11.8 Å². The van der Waals surface area contributed by atoms with Gasteiger partial charge < -0.3 is 4.74 Å². The first-order valence-corrected chi connectivity index (χ1v) is 12.0. The van der Waals surface area contributed by atoms with Crippen LogP contribution in [0.2, 0.25) is 0 Å². The predicted molar refractivity (Wildman–Crippen MR) is 130 cm³/mol. The van der Waals surface area contributed by atoms with Crippen LogP contribution in [0, 0.1) is 13.8 Å². The van der Waals surface area contributed by atoms with Crippen LogP contribution in [0.5, 0.6) is 5.75 Å². The molecule has 5 nitrogen and oxygen atoms in total. The summed E-state index contributed by atoms with van der Waals surface area (Å²) in [4.78, 5) is 2.56. The molecule has 1 N–H and O–H groups in total. The molecular weight excluding hydrogens is 420 g/mol. The molecule has 0 aliphatic rings. The first-order valence-electron chi connectivity index (χ1n) is 10.5. The predicted octanol–water partition coefficient (Wildman–Crippen LogP) is 5.49. The maximum absolute atomic E-state index is 12.9. The fraction of sp³-hybridized carbons (Fsp3) is 0.269. The van der Waals surface area contributed by atoms with Crippen molar-refractivity contribution < 1.29 is 13.2 Å². The van der Waals surface area contributed by atoms with E-state index in [-0.39, 0.29) is 10.3 Å². The second kappa shape index (κ2) is 9.57. The summed E-state index contributed by atoms with van der Waals surface area (Å²) in [5, 5.41) is 4.01. The van der Waals surface area contributed by atoms with E-state index in [0.29, 0.717) is 23.5 Å². The average Bonchev–Trinajstić information content (AvgIpc) is 2.73. The summed E-state index contributed by atoms with van der Waals surface area (Å²) in [6, 6.07) is 21.0. The topological polar surface area (TPSA) is 67.8 Å². The molecule has 0 amide bonds. The lowest BCUT2D eigenvalue weighted by Gasteiger charge is -2.20. The summed E-state index contributed by atoms with van der Waals surface area (Å²) in [7, 11) is -3.80. The van der Waals surface area contributed by atoms with Gasteiger partial charge in [0.25, 0.3) is 10.0 Å². The van der Waals surface area contributed by atoms with Crippen molar-refractivity contribution in [3.8, 4) is 5.75 Å². The van der Waals surface area contributed by atoms with Gasteiger partial charge in [-0.05, 0) is 54.2 Å². The Bertz CT molecular complexity index is 1210. The van der Waals surface area contributed by atoms with Crippen LogP contribution in [0.15, 0.2) is 76.7 Å². The number of nitrogens with zero attached hydrogens (tertiary/aromatic N) is 1. The third kappa shape index (κ3) is 5.98. The van der Waals surface area contributed by atoms with E-state index in [9.17, 15) is 8.42 Å². The molecule has 0 aliphatic carbocycles. The Kier molecular flexibility index (Phi) is 7.04. The van der Waals surface area contributed by atoms with E-state index >= 15 is 0 Å². The van der Waals surface area contributed by atoms with Gasteiger partial charge in [0.1, 0.15) is 12.4 Å². The Balaban J connectivity index is 1.75. The number of sulfonamides is 1. The molecule has 0 aliphatic heterocycles. The second-order valence-corrected chi connectivity index (χ2v) is 10.5. The molecule has 3 aromatic rings. The molecule has 0 aromatic heterocycles. The van der Waals surface area contributed by atoms with Crippen molar-refractivity contribution in [1.29, 1.82) is 0 Å². The summed E-state index contributed by atoms with van der Waals surface area (Å²) < 4.78 is 31.7. The van der Waals surface area contributed by atoms with Crippen LogP contribution in [0.4, 0.5) is 0 Å². The van der Waals surface area contributed by atoms with E-state index in [1.54, 1.807) is 13.0 Å². The van der Waals surface area contributed by atoms with Crippen molar-refractivity contribution in [3.63, 3.8) is 0 Å². The standard InChI is InChI=1S/C26H30N2O3S/c1-19-10-13-21(14-11-19)18-31-24-9-7-6-8-22(24)17-27-28-32(29,30)25-16-23(26(3,4)5)15-12-20(25)2/h6-17,28H,18H2,1-5H3/b27-17+. The van der Waals surface area contributed by atoms with Crippen LogP contribution in [-0.2, 0) is 22.0 Å². The highest BCUT2D eigenvalue weighted by Gasteiger charge is 2.21. The fourth-order valence-corrected chi connectivity index (χ4v) is 4.20. The first kappa shape index (κ1) is 23.5. The summed E-state index contributed by atoms with van der Waals surface area (Å²) in [5.74, 6) is 0.627. The lowest BCUT2D eigenvalue weighted by molar-refractivity contribution is 0.306. The van der Waals surface area contributed by atoms with E-state index in [0.717, 1.165) is 11.1 Å². The zero-order valence-corrected chi connectivity index (χ0v) is 20.0. The minimum Gasteiger partial charge on any atom is -0.488 e. The summed E-state index contributed by atoms with van der Waals surface area (Å²) in [6.07, 6.45) is 1.46. The molecule has 3 aromatic carbocycles. The number of aryl methyl sites for hydroxylation is 2. The quantitative estimate of drug-likeness (QED) is 0.382. The first-order chi connectivity index (χ1) is 15.1. The van der Waals surface area contributed by atoms with Gasteiger partial charge in [-0.3, -0.25) is 0 Å². The SMILES string of the molecule is Cc1ccc(COc2ccccc2/C=N/NS(=O)(=O)c2cc(C(C)(C)C)ccc2C)cc1. The van der Waals surface area contributed by atoms with Crippen molar-refractivity contribution in [2.24, 2.45) is 5.10 Å². The molecular formula is C26H30N2O3S. The van der Waals surface area contributed by atoms with Gasteiger partial charge in [0.05, 0.1) is 11.1 Å². The molecule has 0 spiro atoms. The largest absolute Gasteiger partial charge is 0.488 e. The van der Waals surface area contributed by atoms with Gasteiger partial charge in [0.15, 0.2) is 0 Å². The molecule has 0 saturated heterocycles. The number of nitrogens with one attached hydrogen (secondary N) is 1. The number of para-hydroxylation sites is 1. The molecule has 0 saturated carbocycles. The molecule has 0 unspecified atom stereocenters. The number of rotatable bonds is 7. The smallest absolute Gasteiger partial charge is 0.276 e. The Hall–Kier alpha value is -3.12. The van der Waals surface area contributed by atoms with Crippen molar-refractivity contribution >= 4 is 16.2 Å². The Morgan fingerprint density at radius 1 is 0.969 bits per heavy atom. The highest BCUT2D eigenvalue weighted by Crippen LogP contribution is 2.26. The molecule has 0 heterocycles. The average molecular weight is 451 g/mol. The van der Waals surface area contributed by atoms with Crippen LogP contribution in [0.3, 0.4) is 0 Å². The fourth-order valence-electron chi connectivity index (χ4n) is 3.13.